The maximum absolute atomic E-state index is 3.59. The van der Waals surface area contributed by atoms with Gasteiger partial charge in [0, 0.05) is 16.9 Å². The maximum Gasteiger partial charge on any atom is 0.0463 e. The molecule has 0 aromatic heterocycles. The summed E-state index contributed by atoms with van der Waals surface area (Å²) in [5.41, 5.74) is 7.74. The van der Waals surface area contributed by atoms with Crippen LogP contribution in [0.4, 0.5) is 11.4 Å². The molecule has 1 heteroatoms. The predicted octanol–water partition coefficient (Wildman–Crippen LogP) is 7.69. The molecule has 3 aromatic rings. The van der Waals surface area contributed by atoms with Crippen LogP contribution in [0.3, 0.4) is 0 Å². The molecule has 140 valence electrons. The van der Waals surface area contributed by atoms with E-state index in [0.717, 1.165) is 11.4 Å². The molecule has 3 rings (SSSR count). The van der Waals surface area contributed by atoms with E-state index >= 15 is 0 Å². The quantitative estimate of drug-likeness (QED) is 0.506. The molecule has 1 N–H and O–H groups in total. The number of nitrogens with one attached hydrogen (secondary N) is 1. The Morgan fingerprint density at radius 3 is 1.56 bits per heavy atom. The predicted molar refractivity (Wildman–Crippen MR) is 119 cm³/mol. The van der Waals surface area contributed by atoms with Crippen LogP contribution in [-0.4, -0.2) is 0 Å². The van der Waals surface area contributed by atoms with E-state index in [-0.39, 0.29) is 10.8 Å². The molecule has 0 fully saturated rings. The molecule has 0 amide bonds. The van der Waals surface area contributed by atoms with Crippen LogP contribution in [0.2, 0.25) is 0 Å². The minimum Gasteiger partial charge on any atom is -0.355 e. The summed E-state index contributed by atoms with van der Waals surface area (Å²) < 4.78 is 0. The van der Waals surface area contributed by atoms with E-state index in [1.54, 1.807) is 0 Å². The summed E-state index contributed by atoms with van der Waals surface area (Å²) >= 11 is 0. The third kappa shape index (κ3) is 4.60. The van der Waals surface area contributed by atoms with E-state index in [1.807, 2.05) is 0 Å². The monoisotopic (exact) mass is 357 g/mol. The first-order chi connectivity index (χ1) is 12.6. The fraction of sp³-hybridized carbons (Fsp3) is 0.308. The Labute approximate surface area is 164 Å². The van der Waals surface area contributed by atoms with Gasteiger partial charge < -0.3 is 5.32 Å². The molecule has 0 saturated heterocycles. The standard InChI is InChI=1S/C26H31N/c1-25(2,3)20-13-11-19(12-14-20)23-9-7-8-10-24(23)27-22-17-15-21(16-18-22)26(4,5)6/h7-18,27H,1-6H3. The van der Waals surface area contributed by atoms with Gasteiger partial charge in [-0.25, -0.2) is 0 Å². The number of hydrogen-bond donors (Lipinski definition) is 1. The number of hydrogen-bond acceptors (Lipinski definition) is 1. The van der Waals surface area contributed by atoms with Gasteiger partial charge in [-0.1, -0.05) is 96.1 Å². The topological polar surface area (TPSA) is 12.0 Å². The van der Waals surface area contributed by atoms with Crippen LogP contribution in [0, 0.1) is 0 Å². The van der Waals surface area contributed by atoms with E-state index in [4.69, 9.17) is 0 Å². The largest absolute Gasteiger partial charge is 0.355 e. The van der Waals surface area contributed by atoms with Gasteiger partial charge in [0.1, 0.15) is 0 Å². The second-order valence-corrected chi connectivity index (χ2v) is 9.33. The van der Waals surface area contributed by atoms with Crippen LogP contribution >= 0.6 is 0 Å². The lowest BCUT2D eigenvalue weighted by atomic mass is 9.86. The van der Waals surface area contributed by atoms with Crippen molar-refractivity contribution in [3.05, 3.63) is 83.9 Å². The lowest BCUT2D eigenvalue weighted by molar-refractivity contribution is 0.590. The molecule has 0 spiro atoms. The molecule has 0 heterocycles. The SMILES string of the molecule is CC(C)(C)c1ccc(Nc2ccccc2-c2ccc(C(C)(C)C)cc2)cc1. The van der Waals surface area contributed by atoms with Crippen LogP contribution in [0.15, 0.2) is 72.8 Å². The molecule has 0 atom stereocenters. The Morgan fingerprint density at radius 2 is 1.04 bits per heavy atom. The molecule has 0 unspecified atom stereocenters. The van der Waals surface area contributed by atoms with E-state index in [0.29, 0.717) is 0 Å². The van der Waals surface area contributed by atoms with Gasteiger partial charge in [-0.15, -0.1) is 0 Å². The molecular formula is C26H31N. The molecule has 0 aliphatic heterocycles. The molecule has 0 bridgehead atoms. The summed E-state index contributed by atoms with van der Waals surface area (Å²) in [6.45, 7) is 13.5. The Hall–Kier alpha value is -2.54. The highest BCUT2D eigenvalue weighted by molar-refractivity contribution is 5.81. The summed E-state index contributed by atoms with van der Waals surface area (Å²) in [6.07, 6.45) is 0. The third-order valence-corrected chi connectivity index (χ3v) is 5.02. The van der Waals surface area contributed by atoms with Gasteiger partial charge in [-0.05, 0) is 45.7 Å². The van der Waals surface area contributed by atoms with E-state index in [9.17, 15) is 0 Å². The van der Waals surface area contributed by atoms with Gasteiger partial charge in [0.2, 0.25) is 0 Å². The number of benzene rings is 3. The second kappa shape index (κ2) is 7.23. The van der Waals surface area contributed by atoms with Crippen molar-refractivity contribution in [3.63, 3.8) is 0 Å². The van der Waals surface area contributed by atoms with Crippen molar-refractivity contribution in [1.82, 2.24) is 0 Å². The normalized spacial score (nSPS) is 12.1. The van der Waals surface area contributed by atoms with E-state index in [1.165, 1.54) is 22.3 Å². The van der Waals surface area contributed by atoms with Crippen LogP contribution < -0.4 is 5.32 Å². The Morgan fingerprint density at radius 1 is 0.556 bits per heavy atom. The molecule has 0 aliphatic carbocycles. The minimum atomic E-state index is 0.172. The fourth-order valence-electron chi connectivity index (χ4n) is 3.20. The van der Waals surface area contributed by atoms with Crippen molar-refractivity contribution in [1.29, 1.82) is 0 Å². The Bertz CT molecular complexity index is 889. The van der Waals surface area contributed by atoms with Crippen molar-refractivity contribution in [2.24, 2.45) is 0 Å². The smallest absolute Gasteiger partial charge is 0.0463 e. The van der Waals surface area contributed by atoms with Crippen LogP contribution in [0.5, 0.6) is 0 Å². The average molecular weight is 358 g/mol. The molecule has 0 aliphatic rings. The van der Waals surface area contributed by atoms with Gasteiger partial charge in [0.05, 0.1) is 0 Å². The number of rotatable bonds is 3. The van der Waals surface area contributed by atoms with Crippen LogP contribution in [-0.2, 0) is 10.8 Å². The summed E-state index contributed by atoms with van der Waals surface area (Å²) in [7, 11) is 0. The first kappa shape index (κ1) is 19.2. The van der Waals surface area contributed by atoms with E-state index in [2.05, 4.69) is 120 Å². The zero-order chi connectivity index (χ0) is 19.7. The van der Waals surface area contributed by atoms with E-state index < -0.39 is 0 Å². The van der Waals surface area contributed by atoms with Crippen molar-refractivity contribution < 1.29 is 0 Å². The summed E-state index contributed by atoms with van der Waals surface area (Å²) in [6, 6.07) is 26.2. The average Bonchev–Trinajstić information content (AvgIpc) is 2.61. The molecular weight excluding hydrogens is 326 g/mol. The van der Waals surface area contributed by atoms with Gasteiger partial charge in [0.15, 0.2) is 0 Å². The fourth-order valence-corrected chi connectivity index (χ4v) is 3.20. The first-order valence-corrected chi connectivity index (χ1v) is 9.72. The van der Waals surface area contributed by atoms with Crippen molar-refractivity contribution in [2.75, 3.05) is 5.32 Å². The lowest BCUT2D eigenvalue weighted by Gasteiger charge is -2.20. The Kier molecular flexibility index (Phi) is 5.15. The maximum atomic E-state index is 3.59. The first-order valence-electron chi connectivity index (χ1n) is 9.72. The molecule has 0 radical (unpaired) electrons. The lowest BCUT2D eigenvalue weighted by Crippen LogP contribution is -2.10. The molecule has 27 heavy (non-hydrogen) atoms. The molecule has 0 saturated carbocycles. The summed E-state index contributed by atoms with van der Waals surface area (Å²) in [4.78, 5) is 0. The van der Waals surface area contributed by atoms with Gasteiger partial charge in [-0.2, -0.15) is 0 Å². The zero-order valence-corrected chi connectivity index (χ0v) is 17.4. The van der Waals surface area contributed by atoms with Crippen molar-refractivity contribution in [3.8, 4) is 11.1 Å². The van der Waals surface area contributed by atoms with Crippen LogP contribution in [0.25, 0.3) is 11.1 Å². The zero-order valence-electron chi connectivity index (χ0n) is 17.4. The third-order valence-electron chi connectivity index (χ3n) is 5.02. The van der Waals surface area contributed by atoms with Crippen LogP contribution in [0.1, 0.15) is 52.7 Å². The van der Waals surface area contributed by atoms with Gasteiger partial charge >= 0.3 is 0 Å². The van der Waals surface area contributed by atoms with Gasteiger partial charge in [-0.3, -0.25) is 0 Å². The molecule has 1 nitrogen and oxygen atoms in total. The highest BCUT2D eigenvalue weighted by Crippen LogP contribution is 2.32. The highest BCUT2D eigenvalue weighted by Gasteiger charge is 2.15. The minimum absolute atomic E-state index is 0.172. The van der Waals surface area contributed by atoms with Gasteiger partial charge in [0.25, 0.3) is 0 Å². The van der Waals surface area contributed by atoms with Crippen molar-refractivity contribution in [2.45, 2.75) is 52.4 Å². The summed E-state index contributed by atoms with van der Waals surface area (Å²) in [5.74, 6) is 0. The number of para-hydroxylation sites is 1. The second-order valence-electron chi connectivity index (χ2n) is 9.33. The van der Waals surface area contributed by atoms with Crippen molar-refractivity contribution >= 4 is 11.4 Å². The Balaban J connectivity index is 1.88. The highest BCUT2D eigenvalue weighted by atomic mass is 14.9. The number of anilines is 2. The summed E-state index contributed by atoms with van der Waals surface area (Å²) in [5, 5.41) is 3.59. The molecule has 3 aromatic carbocycles.